The predicted octanol–water partition coefficient (Wildman–Crippen LogP) is 2.73. The molecule has 0 spiro atoms. The van der Waals surface area contributed by atoms with Gasteiger partial charge in [-0.2, -0.15) is 0 Å². The van der Waals surface area contributed by atoms with Crippen molar-refractivity contribution in [1.29, 1.82) is 0 Å². The Kier molecular flexibility index (Phi) is 5.42. The molecule has 0 fully saturated rings. The van der Waals surface area contributed by atoms with Gasteiger partial charge in [0, 0.05) is 27.9 Å². The van der Waals surface area contributed by atoms with E-state index in [9.17, 15) is 19.7 Å². The Morgan fingerprint density at radius 2 is 1.83 bits per heavy atom. The van der Waals surface area contributed by atoms with Gasteiger partial charge in [0.1, 0.15) is 0 Å². The summed E-state index contributed by atoms with van der Waals surface area (Å²) in [6.07, 6.45) is 0. The summed E-state index contributed by atoms with van der Waals surface area (Å²) in [5.74, 6) is -0.859. The quantitative estimate of drug-likeness (QED) is 0.617. The number of hydrogen-bond donors (Lipinski definition) is 2. The minimum atomic E-state index is -0.551. The Hall–Kier alpha value is -2.74. The van der Waals surface area contributed by atoms with Gasteiger partial charge in [-0.15, -0.1) is 0 Å². The van der Waals surface area contributed by atoms with Crippen molar-refractivity contribution >= 4 is 39.1 Å². The molecule has 0 radical (unpaired) electrons. The number of hydrogen-bond acceptors (Lipinski definition) is 4. The van der Waals surface area contributed by atoms with Gasteiger partial charge in [0.15, 0.2) is 0 Å². The number of nitrogens with zero attached hydrogens (tertiary/aromatic N) is 1. The molecule has 8 heteroatoms. The van der Waals surface area contributed by atoms with E-state index >= 15 is 0 Å². The summed E-state index contributed by atoms with van der Waals surface area (Å²) in [5.41, 5.74) is 0.597. The van der Waals surface area contributed by atoms with Gasteiger partial charge in [-0.05, 0) is 30.3 Å². The summed E-state index contributed by atoms with van der Waals surface area (Å²) < 4.78 is 0.845. The van der Waals surface area contributed by atoms with Gasteiger partial charge in [-0.3, -0.25) is 19.7 Å². The molecule has 2 aromatic rings. The van der Waals surface area contributed by atoms with Crippen LogP contribution >= 0.6 is 15.9 Å². The van der Waals surface area contributed by atoms with E-state index in [0.29, 0.717) is 11.3 Å². The molecule has 118 valence electrons. The highest BCUT2D eigenvalue weighted by atomic mass is 79.9. The van der Waals surface area contributed by atoms with E-state index in [0.717, 1.165) is 4.47 Å². The summed E-state index contributed by atoms with van der Waals surface area (Å²) >= 11 is 3.27. The molecule has 0 aliphatic heterocycles. The second-order valence-corrected chi connectivity index (χ2v) is 5.46. The summed E-state index contributed by atoms with van der Waals surface area (Å²) in [4.78, 5) is 33.8. The molecule has 0 aliphatic rings. The third kappa shape index (κ3) is 4.89. The highest BCUT2D eigenvalue weighted by Gasteiger charge is 2.10. The van der Waals surface area contributed by atoms with Gasteiger partial charge in [-0.1, -0.05) is 22.0 Å². The molecule has 0 bridgehead atoms. The molecule has 0 saturated heterocycles. The predicted molar refractivity (Wildman–Crippen MR) is 88.2 cm³/mol. The van der Waals surface area contributed by atoms with Gasteiger partial charge in [0.2, 0.25) is 5.91 Å². The van der Waals surface area contributed by atoms with Crippen LogP contribution in [0.4, 0.5) is 11.4 Å². The third-order valence-electron chi connectivity index (χ3n) is 2.86. The lowest BCUT2D eigenvalue weighted by molar-refractivity contribution is -0.384. The Bertz CT molecular complexity index is 747. The van der Waals surface area contributed by atoms with Crippen LogP contribution in [-0.4, -0.2) is 23.3 Å². The number of carbonyl (C=O) groups excluding carboxylic acids is 2. The number of rotatable bonds is 5. The number of halogens is 1. The standard InChI is InChI=1S/C15H12BrN3O4/c16-11-6-4-10(5-7-11)15(21)17-9-14(20)18-12-2-1-3-13(8-12)19(22)23/h1-8H,9H2,(H,17,21)(H,18,20). The maximum atomic E-state index is 11.9. The van der Waals surface area contributed by atoms with E-state index in [1.807, 2.05) is 0 Å². The zero-order valence-corrected chi connectivity index (χ0v) is 13.4. The van der Waals surface area contributed by atoms with E-state index in [2.05, 4.69) is 26.6 Å². The number of nitrogens with one attached hydrogen (secondary N) is 2. The van der Waals surface area contributed by atoms with Crippen LogP contribution in [0, 0.1) is 10.1 Å². The van der Waals surface area contributed by atoms with Crippen LogP contribution in [0.1, 0.15) is 10.4 Å². The molecule has 7 nitrogen and oxygen atoms in total. The van der Waals surface area contributed by atoms with Crippen molar-refractivity contribution in [3.05, 3.63) is 68.7 Å². The second kappa shape index (κ2) is 7.50. The third-order valence-corrected chi connectivity index (χ3v) is 3.39. The van der Waals surface area contributed by atoms with Crippen LogP contribution in [0.2, 0.25) is 0 Å². The largest absolute Gasteiger partial charge is 0.343 e. The van der Waals surface area contributed by atoms with Crippen molar-refractivity contribution in [1.82, 2.24) is 5.32 Å². The minimum absolute atomic E-state index is 0.123. The zero-order valence-electron chi connectivity index (χ0n) is 11.8. The number of carbonyl (C=O) groups is 2. The summed E-state index contributed by atoms with van der Waals surface area (Å²) in [5, 5.41) is 15.6. The van der Waals surface area contributed by atoms with Gasteiger partial charge in [0.05, 0.1) is 11.5 Å². The Balaban J connectivity index is 1.90. The van der Waals surface area contributed by atoms with Gasteiger partial charge in [-0.25, -0.2) is 0 Å². The van der Waals surface area contributed by atoms with Gasteiger partial charge in [0.25, 0.3) is 11.6 Å². The van der Waals surface area contributed by atoms with E-state index in [1.165, 1.54) is 24.3 Å². The first kappa shape index (κ1) is 16.6. The zero-order chi connectivity index (χ0) is 16.8. The highest BCUT2D eigenvalue weighted by molar-refractivity contribution is 9.10. The molecule has 23 heavy (non-hydrogen) atoms. The molecule has 2 rings (SSSR count). The number of nitro groups is 1. The van der Waals surface area contributed by atoms with Gasteiger partial charge >= 0.3 is 0 Å². The van der Waals surface area contributed by atoms with Crippen molar-refractivity contribution in [2.24, 2.45) is 0 Å². The first-order valence-corrected chi connectivity index (χ1v) is 7.33. The van der Waals surface area contributed by atoms with Crippen LogP contribution in [0.3, 0.4) is 0 Å². The van der Waals surface area contributed by atoms with Crippen molar-refractivity contribution in [2.45, 2.75) is 0 Å². The summed E-state index contributed by atoms with van der Waals surface area (Å²) in [6.45, 7) is -0.239. The monoisotopic (exact) mass is 377 g/mol. The average molecular weight is 378 g/mol. The van der Waals surface area contributed by atoms with Crippen molar-refractivity contribution in [2.75, 3.05) is 11.9 Å². The molecule has 0 aromatic heterocycles. The lowest BCUT2D eigenvalue weighted by Crippen LogP contribution is -2.32. The fourth-order valence-corrected chi connectivity index (χ4v) is 2.03. The lowest BCUT2D eigenvalue weighted by atomic mass is 10.2. The van der Waals surface area contributed by atoms with Crippen LogP contribution in [0.15, 0.2) is 53.0 Å². The molecule has 2 amide bonds. The van der Waals surface area contributed by atoms with E-state index in [4.69, 9.17) is 0 Å². The fraction of sp³-hybridized carbons (Fsp3) is 0.0667. The first-order chi connectivity index (χ1) is 11.0. The van der Waals surface area contributed by atoms with Crippen molar-refractivity contribution < 1.29 is 14.5 Å². The molecular weight excluding hydrogens is 366 g/mol. The Morgan fingerprint density at radius 1 is 1.13 bits per heavy atom. The van der Waals surface area contributed by atoms with Crippen molar-refractivity contribution in [3.63, 3.8) is 0 Å². The Labute approximate surface area is 140 Å². The van der Waals surface area contributed by atoms with Crippen LogP contribution in [-0.2, 0) is 4.79 Å². The van der Waals surface area contributed by atoms with Crippen LogP contribution in [0.5, 0.6) is 0 Å². The summed E-state index contributed by atoms with van der Waals surface area (Å²) in [7, 11) is 0. The number of non-ortho nitro benzene ring substituents is 1. The first-order valence-electron chi connectivity index (χ1n) is 6.54. The summed E-state index contributed by atoms with van der Waals surface area (Å²) in [6, 6.07) is 12.3. The normalized spacial score (nSPS) is 9.96. The number of anilines is 1. The smallest absolute Gasteiger partial charge is 0.271 e. The molecule has 2 N–H and O–H groups in total. The van der Waals surface area contributed by atoms with Gasteiger partial charge < -0.3 is 10.6 Å². The fourth-order valence-electron chi connectivity index (χ4n) is 1.77. The lowest BCUT2D eigenvalue weighted by Gasteiger charge is -2.07. The molecule has 0 atom stereocenters. The molecular formula is C15H12BrN3O4. The number of nitro benzene ring substituents is 1. The molecule has 0 heterocycles. The topological polar surface area (TPSA) is 101 Å². The molecule has 2 aromatic carbocycles. The number of amides is 2. The van der Waals surface area contributed by atoms with E-state index in [1.54, 1.807) is 24.3 Å². The van der Waals surface area contributed by atoms with Crippen LogP contribution < -0.4 is 10.6 Å². The van der Waals surface area contributed by atoms with E-state index < -0.39 is 10.8 Å². The molecule has 0 aliphatic carbocycles. The molecule has 0 unspecified atom stereocenters. The minimum Gasteiger partial charge on any atom is -0.343 e. The number of benzene rings is 2. The SMILES string of the molecule is O=C(CNC(=O)c1ccc(Br)cc1)Nc1cccc([N+](=O)[O-])c1. The van der Waals surface area contributed by atoms with Crippen LogP contribution in [0.25, 0.3) is 0 Å². The highest BCUT2D eigenvalue weighted by Crippen LogP contribution is 2.16. The second-order valence-electron chi connectivity index (χ2n) is 4.55. The maximum absolute atomic E-state index is 11.9. The van der Waals surface area contributed by atoms with Crippen molar-refractivity contribution in [3.8, 4) is 0 Å². The molecule has 0 saturated carbocycles. The Morgan fingerprint density at radius 3 is 2.48 bits per heavy atom. The average Bonchev–Trinajstić information content (AvgIpc) is 2.53. The van der Waals surface area contributed by atoms with E-state index in [-0.39, 0.29) is 18.1 Å². The maximum Gasteiger partial charge on any atom is 0.271 e.